The quantitative estimate of drug-likeness (QED) is 0.841. The number of hydrogen-bond donors (Lipinski definition) is 1. The highest BCUT2D eigenvalue weighted by atomic mass is 79.9. The highest BCUT2D eigenvalue weighted by Gasteiger charge is 2.12. The molecule has 1 aromatic rings. The van der Waals surface area contributed by atoms with Gasteiger partial charge in [-0.05, 0) is 11.4 Å². The molecular weight excluding hydrogens is 262 g/mol. The van der Waals surface area contributed by atoms with Gasteiger partial charge in [-0.1, -0.05) is 22.0 Å². The third-order valence-electron chi connectivity index (χ3n) is 1.15. The second-order valence-corrected chi connectivity index (χ2v) is 5.75. The van der Waals surface area contributed by atoms with Crippen LogP contribution in [0.25, 0.3) is 0 Å². The highest BCUT2D eigenvalue weighted by molar-refractivity contribution is 9.09. The van der Waals surface area contributed by atoms with E-state index < -0.39 is 10.0 Å². The van der Waals surface area contributed by atoms with Crippen LogP contribution in [-0.2, 0) is 10.0 Å². The van der Waals surface area contributed by atoms with Gasteiger partial charge < -0.3 is 0 Å². The minimum absolute atomic E-state index is 0.364. The Kier molecular flexibility index (Phi) is 3.70. The first-order chi connectivity index (χ1) is 5.67. The van der Waals surface area contributed by atoms with Crippen LogP contribution >= 0.6 is 27.3 Å². The summed E-state index contributed by atoms with van der Waals surface area (Å²) < 4.78 is 25.5. The second kappa shape index (κ2) is 4.36. The van der Waals surface area contributed by atoms with E-state index in [2.05, 4.69) is 20.7 Å². The van der Waals surface area contributed by atoms with Gasteiger partial charge >= 0.3 is 0 Å². The second-order valence-electron chi connectivity index (χ2n) is 2.02. The third-order valence-corrected chi connectivity index (χ3v) is 4.40. The minimum Gasteiger partial charge on any atom is -0.210 e. The summed E-state index contributed by atoms with van der Waals surface area (Å²) in [5, 5.41) is 2.36. The number of nitrogens with one attached hydrogen (secondary N) is 1. The van der Waals surface area contributed by atoms with Crippen LogP contribution < -0.4 is 4.72 Å². The monoisotopic (exact) mass is 269 g/mol. The van der Waals surface area contributed by atoms with Gasteiger partial charge in [-0.25, -0.2) is 13.1 Å². The number of rotatable bonds is 4. The molecule has 1 N–H and O–H groups in total. The molecule has 0 aliphatic heterocycles. The van der Waals surface area contributed by atoms with Gasteiger partial charge in [0.1, 0.15) is 4.21 Å². The van der Waals surface area contributed by atoms with Crippen LogP contribution in [0.4, 0.5) is 0 Å². The molecule has 0 fully saturated rings. The van der Waals surface area contributed by atoms with Crippen molar-refractivity contribution in [3.8, 4) is 0 Å². The lowest BCUT2D eigenvalue weighted by Gasteiger charge is -2.00. The molecule has 0 unspecified atom stereocenters. The molecule has 0 bridgehead atoms. The number of hydrogen-bond acceptors (Lipinski definition) is 3. The van der Waals surface area contributed by atoms with Gasteiger partial charge in [-0.3, -0.25) is 0 Å². The molecule has 0 aliphatic rings. The van der Waals surface area contributed by atoms with Crippen molar-refractivity contribution in [2.45, 2.75) is 4.21 Å². The van der Waals surface area contributed by atoms with E-state index in [0.29, 0.717) is 16.1 Å². The topological polar surface area (TPSA) is 46.2 Å². The smallest absolute Gasteiger partial charge is 0.210 e. The molecule has 1 rings (SSSR count). The largest absolute Gasteiger partial charge is 0.250 e. The van der Waals surface area contributed by atoms with Crippen LogP contribution in [0.2, 0.25) is 0 Å². The van der Waals surface area contributed by atoms with Gasteiger partial charge in [0, 0.05) is 11.9 Å². The van der Waals surface area contributed by atoms with Crippen molar-refractivity contribution in [2.24, 2.45) is 0 Å². The molecule has 0 aromatic carbocycles. The Hall–Kier alpha value is 0.0900. The van der Waals surface area contributed by atoms with Crippen molar-refractivity contribution in [3.05, 3.63) is 17.5 Å². The predicted molar refractivity (Wildman–Crippen MR) is 53.3 cm³/mol. The molecule has 6 heteroatoms. The Balaban J connectivity index is 2.74. The van der Waals surface area contributed by atoms with E-state index in [4.69, 9.17) is 0 Å². The molecule has 68 valence electrons. The Morgan fingerprint density at radius 1 is 1.58 bits per heavy atom. The SMILES string of the molecule is O=S(=O)(NCCBr)c1cccs1. The molecule has 0 amide bonds. The maximum Gasteiger partial charge on any atom is 0.250 e. The number of alkyl halides is 1. The van der Waals surface area contributed by atoms with Crippen molar-refractivity contribution in [1.29, 1.82) is 0 Å². The van der Waals surface area contributed by atoms with Gasteiger partial charge in [0.15, 0.2) is 0 Å². The Labute approximate surface area is 84.0 Å². The van der Waals surface area contributed by atoms with Gasteiger partial charge in [0.2, 0.25) is 10.0 Å². The zero-order valence-corrected chi connectivity index (χ0v) is 9.38. The van der Waals surface area contributed by atoms with Crippen molar-refractivity contribution < 1.29 is 8.42 Å². The maximum absolute atomic E-state index is 11.3. The summed E-state index contributed by atoms with van der Waals surface area (Å²) in [5.41, 5.74) is 0. The summed E-state index contributed by atoms with van der Waals surface area (Å²) in [6, 6.07) is 3.30. The van der Waals surface area contributed by atoms with Crippen molar-refractivity contribution in [1.82, 2.24) is 4.72 Å². The van der Waals surface area contributed by atoms with Crippen molar-refractivity contribution >= 4 is 37.3 Å². The fraction of sp³-hybridized carbons (Fsp3) is 0.333. The molecule has 0 aliphatic carbocycles. The first-order valence-electron chi connectivity index (χ1n) is 3.26. The van der Waals surface area contributed by atoms with Gasteiger partial charge in [0.25, 0.3) is 0 Å². The van der Waals surface area contributed by atoms with E-state index in [1.165, 1.54) is 11.3 Å². The average Bonchev–Trinajstić information content (AvgIpc) is 2.53. The van der Waals surface area contributed by atoms with E-state index >= 15 is 0 Å². The fourth-order valence-corrected chi connectivity index (χ4v) is 3.19. The van der Waals surface area contributed by atoms with Crippen LogP contribution in [0.5, 0.6) is 0 Å². The van der Waals surface area contributed by atoms with E-state index in [0.717, 1.165) is 0 Å². The molecule has 0 saturated carbocycles. The highest BCUT2D eigenvalue weighted by Crippen LogP contribution is 2.14. The average molecular weight is 270 g/mol. The summed E-state index contributed by atoms with van der Waals surface area (Å²) in [5.74, 6) is 0. The van der Waals surface area contributed by atoms with Crippen LogP contribution in [0.3, 0.4) is 0 Å². The lowest BCUT2D eigenvalue weighted by Crippen LogP contribution is -2.24. The van der Waals surface area contributed by atoms with Crippen molar-refractivity contribution in [3.63, 3.8) is 0 Å². The molecule has 3 nitrogen and oxygen atoms in total. The molecule has 1 heterocycles. The lowest BCUT2D eigenvalue weighted by molar-refractivity contribution is 0.586. The first kappa shape index (κ1) is 10.2. The lowest BCUT2D eigenvalue weighted by atomic mass is 10.7. The molecule has 0 spiro atoms. The van der Waals surface area contributed by atoms with Gasteiger partial charge in [0.05, 0.1) is 0 Å². The zero-order chi connectivity index (χ0) is 9.03. The molecule has 12 heavy (non-hydrogen) atoms. The van der Waals surface area contributed by atoms with Crippen LogP contribution in [0, 0.1) is 0 Å². The molecule has 0 atom stereocenters. The van der Waals surface area contributed by atoms with Crippen molar-refractivity contribution in [2.75, 3.05) is 11.9 Å². The Morgan fingerprint density at radius 2 is 2.33 bits per heavy atom. The minimum atomic E-state index is -3.24. The molecule has 0 radical (unpaired) electrons. The van der Waals surface area contributed by atoms with Crippen LogP contribution in [0.1, 0.15) is 0 Å². The van der Waals surface area contributed by atoms with E-state index in [1.807, 2.05) is 0 Å². The number of halogens is 1. The standard InChI is InChI=1S/C6H8BrNO2S2/c7-3-4-8-12(9,10)6-2-1-5-11-6/h1-2,5,8H,3-4H2. The fourth-order valence-electron chi connectivity index (χ4n) is 0.660. The number of thiophene rings is 1. The normalized spacial score (nSPS) is 11.8. The molecular formula is C6H8BrNO2S2. The molecule has 0 saturated heterocycles. The van der Waals surface area contributed by atoms with Crippen LogP contribution in [-0.4, -0.2) is 20.3 Å². The van der Waals surface area contributed by atoms with Gasteiger partial charge in [-0.2, -0.15) is 0 Å². The Bertz CT molecular complexity index is 319. The number of sulfonamides is 1. The zero-order valence-electron chi connectivity index (χ0n) is 6.16. The maximum atomic E-state index is 11.3. The summed E-state index contributed by atoms with van der Waals surface area (Å²) in [4.78, 5) is 0. The summed E-state index contributed by atoms with van der Waals surface area (Å²) >= 11 is 4.36. The van der Waals surface area contributed by atoms with E-state index in [9.17, 15) is 8.42 Å². The van der Waals surface area contributed by atoms with E-state index in [1.54, 1.807) is 17.5 Å². The van der Waals surface area contributed by atoms with Gasteiger partial charge in [-0.15, -0.1) is 11.3 Å². The Morgan fingerprint density at radius 3 is 2.83 bits per heavy atom. The van der Waals surface area contributed by atoms with E-state index in [-0.39, 0.29) is 0 Å². The first-order valence-corrected chi connectivity index (χ1v) is 6.74. The summed E-state index contributed by atoms with van der Waals surface area (Å²) in [6.45, 7) is 0.417. The molecule has 1 aromatic heterocycles. The summed E-state index contributed by atoms with van der Waals surface area (Å²) in [7, 11) is -3.24. The summed E-state index contributed by atoms with van der Waals surface area (Å²) in [6.07, 6.45) is 0. The van der Waals surface area contributed by atoms with Crippen LogP contribution in [0.15, 0.2) is 21.7 Å². The predicted octanol–water partition coefficient (Wildman–Crippen LogP) is 1.42. The third kappa shape index (κ3) is 2.55.